The molecule has 0 aliphatic carbocycles. The molecule has 1 amide bonds. The second-order valence-corrected chi connectivity index (χ2v) is 8.45. The van der Waals surface area contributed by atoms with E-state index in [1.165, 1.54) is 11.8 Å². The number of thioether (sulfide) groups is 1. The van der Waals surface area contributed by atoms with E-state index in [1.54, 1.807) is 12.1 Å². The van der Waals surface area contributed by atoms with Crippen molar-refractivity contribution in [2.45, 2.75) is 38.5 Å². The average Bonchev–Trinajstić information content (AvgIpc) is 3.09. The largest absolute Gasteiger partial charge is 0.349 e. The molecule has 1 heterocycles. The number of nitrogens with one attached hydrogen (secondary N) is 1. The van der Waals surface area contributed by atoms with E-state index in [2.05, 4.69) is 21.6 Å². The first-order valence-corrected chi connectivity index (χ1v) is 11.0. The van der Waals surface area contributed by atoms with Crippen molar-refractivity contribution in [2.24, 2.45) is 0 Å². The zero-order chi connectivity index (χ0) is 21.0. The smallest absolute Gasteiger partial charge is 0.230 e. The molecule has 3 aromatic rings. The van der Waals surface area contributed by atoms with Gasteiger partial charge in [0.05, 0.1) is 11.8 Å². The molecule has 1 N–H and O–H groups in total. The molecule has 0 fully saturated rings. The van der Waals surface area contributed by atoms with Crippen LogP contribution in [-0.2, 0) is 11.3 Å². The molecule has 8 heteroatoms. The molecule has 0 aliphatic rings. The van der Waals surface area contributed by atoms with Crippen molar-refractivity contribution in [1.82, 2.24) is 20.1 Å². The van der Waals surface area contributed by atoms with Crippen molar-refractivity contribution >= 4 is 40.9 Å². The molecule has 29 heavy (non-hydrogen) atoms. The number of rotatable bonds is 7. The van der Waals surface area contributed by atoms with Crippen LogP contribution in [0.3, 0.4) is 0 Å². The number of halogens is 2. The van der Waals surface area contributed by atoms with Crippen molar-refractivity contribution < 1.29 is 4.79 Å². The topological polar surface area (TPSA) is 59.8 Å². The summed E-state index contributed by atoms with van der Waals surface area (Å²) in [4.78, 5) is 12.4. The molecule has 2 aromatic carbocycles. The number of carbonyl (C=O) groups is 1. The highest BCUT2D eigenvalue weighted by molar-refractivity contribution is 7.99. The van der Waals surface area contributed by atoms with Gasteiger partial charge < -0.3 is 9.88 Å². The third kappa shape index (κ3) is 5.32. The standard InChI is InChI=1S/C21H22Cl2N4OS/c1-4-27-20(15-7-5-6-13(2)10-15)25-26-21(27)29-12-19(28)24-14(3)17-9-8-16(22)11-18(17)23/h5-11,14H,4,12H2,1-3H3,(H,24,28). The highest BCUT2D eigenvalue weighted by Gasteiger charge is 2.17. The normalized spacial score (nSPS) is 12.0. The fourth-order valence-corrected chi connectivity index (χ4v) is 4.41. The predicted octanol–water partition coefficient (Wildman–Crippen LogP) is 5.55. The van der Waals surface area contributed by atoms with Crippen LogP contribution in [0.4, 0.5) is 0 Å². The maximum absolute atomic E-state index is 12.4. The van der Waals surface area contributed by atoms with Gasteiger partial charge in [-0.05, 0) is 44.5 Å². The van der Waals surface area contributed by atoms with E-state index in [0.717, 1.165) is 34.2 Å². The number of hydrogen-bond acceptors (Lipinski definition) is 4. The number of aryl methyl sites for hydroxylation is 1. The van der Waals surface area contributed by atoms with Crippen molar-refractivity contribution in [2.75, 3.05) is 5.75 Å². The lowest BCUT2D eigenvalue weighted by molar-refractivity contribution is -0.119. The number of nitrogens with zero attached hydrogens (tertiary/aromatic N) is 3. The van der Waals surface area contributed by atoms with Crippen LogP contribution in [0, 0.1) is 6.92 Å². The van der Waals surface area contributed by atoms with E-state index in [0.29, 0.717) is 10.0 Å². The summed E-state index contributed by atoms with van der Waals surface area (Å²) in [5, 5.41) is 13.4. The van der Waals surface area contributed by atoms with Crippen LogP contribution in [0.15, 0.2) is 47.6 Å². The van der Waals surface area contributed by atoms with Gasteiger partial charge in [-0.3, -0.25) is 4.79 Å². The molecular formula is C21H22Cl2N4OS. The third-order valence-electron chi connectivity index (χ3n) is 4.45. The van der Waals surface area contributed by atoms with Gasteiger partial charge in [0.2, 0.25) is 5.91 Å². The van der Waals surface area contributed by atoms with Gasteiger partial charge in [0.15, 0.2) is 11.0 Å². The third-order valence-corrected chi connectivity index (χ3v) is 5.98. The molecule has 0 saturated heterocycles. The quantitative estimate of drug-likeness (QED) is 0.481. The monoisotopic (exact) mass is 448 g/mol. The van der Waals surface area contributed by atoms with Crippen molar-refractivity contribution in [3.05, 3.63) is 63.6 Å². The number of carbonyl (C=O) groups excluding carboxylic acids is 1. The number of amides is 1. The maximum atomic E-state index is 12.4. The minimum atomic E-state index is -0.222. The Labute approximate surface area is 184 Å². The molecule has 1 atom stereocenters. The summed E-state index contributed by atoms with van der Waals surface area (Å²) in [6.07, 6.45) is 0. The Kier molecular flexibility index (Phi) is 7.22. The van der Waals surface area contributed by atoms with Gasteiger partial charge in [0.1, 0.15) is 0 Å². The summed E-state index contributed by atoms with van der Waals surface area (Å²) < 4.78 is 2.02. The summed E-state index contributed by atoms with van der Waals surface area (Å²) in [7, 11) is 0. The summed E-state index contributed by atoms with van der Waals surface area (Å²) in [6, 6.07) is 13.2. The Morgan fingerprint density at radius 3 is 2.69 bits per heavy atom. The van der Waals surface area contributed by atoms with Crippen LogP contribution < -0.4 is 5.32 Å². The van der Waals surface area contributed by atoms with Gasteiger partial charge in [0.25, 0.3) is 0 Å². The molecule has 0 aliphatic heterocycles. The van der Waals surface area contributed by atoms with E-state index < -0.39 is 0 Å². The number of benzene rings is 2. The summed E-state index contributed by atoms with van der Waals surface area (Å²) in [5.74, 6) is 0.943. The number of hydrogen-bond donors (Lipinski definition) is 1. The summed E-state index contributed by atoms with van der Waals surface area (Å²) >= 11 is 13.5. The highest BCUT2D eigenvalue weighted by Crippen LogP contribution is 2.27. The van der Waals surface area contributed by atoms with Crippen molar-refractivity contribution in [3.8, 4) is 11.4 Å². The molecule has 3 rings (SSSR count). The van der Waals surface area contributed by atoms with E-state index in [1.807, 2.05) is 49.6 Å². The first-order chi connectivity index (χ1) is 13.9. The van der Waals surface area contributed by atoms with Gasteiger partial charge in [-0.1, -0.05) is 64.8 Å². The fourth-order valence-electron chi connectivity index (χ4n) is 3.02. The summed E-state index contributed by atoms with van der Waals surface area (Å²) in [5.41, 5.74) is 3.01. The highest BCUT2D eigenvalue weighted by atomic mass is 35.5. The maximum Gasteiger partial charge on any atom is 0.230 e. The Balaban J connectivity index is 1.66. The van der Waals surface area contributed by atoms with E-state index >= 15 is 0 Å². The van der Waals surface area contributed by atoms with Gasteiger partial charge in [-0.15, -0.1) is 10.2 Å². The molecule has 152 valence electrons. The van der Waals surface area contributed by atoms with Crippen LogP contribution in [-0.4, -0.2) is 26.4 Å². The Bertz CT molecular complexity index is 1020. The van der Waals surface area contributed by atoms with Gasteiger partial charge in [-0.25, -0.2) is 0 Å². The summed E-state index contributed by atoms with van der Waals surface area (Å²) in [6.45, 7) is 6.70. The lowest BCUT2D eigenvalue weighted by Gasteiger charge is -2.16. The van der Waals surface area contributed by atoms with Crippen molar-refractivity contribution in [3.63, 3.8) is 0 Å². The number of aromatic nitrogens is 3. The van der Waals surface area contributed by atoms with Crippen molar-refractivity contribution in [1.29, 1.82) is 0 Å². The lowest BCUT2D eigenvalue weighted by atomic mass is 10.1. The second kappa shape index (κ2) is 9.65. The van der Waals surface area contributed by atoms with Crippen LogP contribution >= 0.6 is 35.0 Å². The SMILES string of the molecule is CCn1c(SCC(=O)NC(C)c2ccc(Cl)cc2Cl)nnc1-c1cccc(C)c1. The fraction of sp³-hybridized carbons (Fsp3) is 0.286. The first-order valence-electron chi connectivity index (χ1n) is 9.26. The predicted molar refractivity (Wildman–Crippen MR) is 120 cm³/mol. The van der Waals surface area contributed by atoms with Gasteiger partial charge >= 0.3 is 0 Å². The van der Waals surface area contributed by atoms with E-state index in [4.69, 9.17) is 23.2 Å². The minimum Gasteiger partial charge on any atom is -0.349 e. The van der Waals surface area contributed by atoms with Crippen LogP contribution in [0.25, 0.3) is 11.4 Å². The lowest BCUT2D eigenvalue weighted by Crippen LogP contribution is -2.28. The Hall–Kier alpha value is -2.02. The molecule has 0 bridgehead atoms. The van der Waals surface area contributed by atoms with Crippen LogP contribution in [0.5, 0.6) is 0 Å². The van der Waals surface area contributed by atoms with E-state index in [9.17, 15) is 4.79 Å². The minimum absolute atomic E-state index is 0.101. The average molecular weight is 449 g/mol. The molecule has 0 radical (unpaired) electrons. The van der Waals surface area contributed by atoms with Crippen LogP contribution in [0.2, 0.25) is 10.0 Å². The Morgan fingerprint density at radius 2 is 2.00 bits per heavy atom. The molecule has 0 spiro atoms. The first kappa shape index (κ1) is 21.7. The van der Waals surface area contributed by atoms with Gasteiger partial charge in [-0.2, -0.15) is 0 Å². The molecule has 5 nitrogen and oxygen atoms in total. The molecule has 0 saturated carbocycles. The Morgan fingerprint density at radius 1 is 1.21 bits per heavy atom. The second-order valence-electron chi connectivity index (χ2n) is 6.66. The molecule has 1 aromatic heterocycles. The molecule has 1 unspecified atom stereocenters. The molecular weight excluding hydrogens is 427 g/mol. The van der Waals surface area contributed by atoms with E-state index in [-0.39, 0.29) is 17.7 Å². The van der Waals surface area contributed by atoms with Gasteiger partial charge in [0, 0.05) is 22.2 Å². The zero-order valence-corrected chi connectivity index (χ0v) is 18.8. The van der Waals surface area contributed by atoms with Crippen LogP contribution in [0.1, 0.15) is 31.0 Å². The zero-order valence-electron chi connectivity index (χ0n) is 16.4.